The van der Waals surface area contributed by atoms with Crippen molar-refractivity contribution in [1.82, 2.24) is 9.88 Å². The summed E-state index contributed by atoms with van der Waals surface area (Å²) in [7, 11) is 3.01. The van der Waals surface area contributed by atoms with E-state index >= 15 is 0 Å². The van der Waals surface area contributed by atoms with Crippen molar-refractivity contribution in [2.24, 2.45) is 0 Å². The van der Waals surface area contributed by atoms with Crippen LogP contribution in [0.15, 0.2) is 12.3 Å². The highest BCUT2D eigenvalue weighted by molar-refractivity contribution is 6.29. The lowest BCUT2D eigenvalue weighted by Gasteiger charge is -2.22. The number of hydrogen-bond donors (Lipinski definition) is 0. The topological polar surface area (TPSA) is 94.8 Å². The summed E-state index contributed by atoms with van der Waals surface area (Å²) in [6.07, 6.45) is 0.973. The molecule has 0 aromatic carbocycles. The van der Waals surface area contributed by atoms with Crippen LogP contribution in [0.2, 0.25) is 5.15 Å². The van der Waals surface area contributed by atoms with Crippen LogP contribution in [0, 0.1) is 10.1 Å². The van der Waals surface area contributed by atoms with E-state index in [0.29, 0.717) is 13.2 Å². The first-order valence-electron chi connectivity index (χ1n) is 6.08. The third-order valence-corrected chi connectivity index (χ3v) is 2.90. The molecule has 8 nitrogen and oxygen atoms in total. The average Bonchev–Trinajstić information content (AvgIpc) is 2.46. The number of amides is 1. The first-order chi connectivity index (χ1) is 10.0. The summed E-state index contributed by atoms with van der Waals surface area (Å²) < 4.78 is 9.87. The monoisotopic (exact) mass is 317 g/mol. The standard InChI is InChI=1S/C12H16ClN3O5/c1-20-5-3-15(4-6-21-2)12(17)9-7-11(13)14-8-10(9)16(18)19/h7-8H,3-6H2,1-2H3. The maximum atomic E-state index is 12.5. The van der Waals surface area contributed by atoms with Crippen molar-refractivity contribution < 1.29 is 19.2 Å². The zero-order valence-electron chi connectivity index (χ0n) is 11.7. The van der Waals surface area contributed by atoms with E-state index in [0.717, 1.165) is 6.20 Å². The fourth-order valence-electron chi connectivity index (χ4n) is 1.63. The van der Waals surface area contributed by atoms with Gasteiger partial charge in [-0.2, -0.15) is 0 Å². The van der Waals surface area contributed by atoms with Crippen LogP contribution in [0.5, 0.6) is 0 Å². The van der Waals surface area contributed by atoms with Crippen LogP contribution in [0.25, 0.3) is 0 Å². The summed E-state index contributed by atoms with van der Waals surface area (Å²) in [6, 6.07) is 1.19. The smallest absolute Gasteiger partial charge is 0.300 e. The third kappa shape index (κ3) is 4.92. The highest BCUT2D eigenvalue weighted by Gasteiger charge is 2.25. The van der Waals surface area contributed by atoms with Gasteiger partial charge in [-0.05, 0) is 6.07 Å². The number of nitro groups is 1. The predicted octanol–water partition coefficient (Wildman–Crippen LogP) is 1.38. The molecule has 1 aromatic heterocycles. The molecule has 0 aliphatic rings. The van der Waals surface area contributed by atoms with Gasteiger partial charge in [0.25, 0.3) is 11.6 Å². The van der Waals surface area contributed by atoms with Gasteiger partial charge in [0, 0.05) is 27.3 Å². The molecule has 0 aliphatic heterocycles. The average molecular weight is 318 g/mol. The number of rotatable bonds is 8. The van der Waals surface area contributed by atoms with E-state index in [4.69, 9.17) is 21.1 Å². The minimum absolute atomic E-state index is 0.0161. The minimum Gasteiger partial charge on any atom is -0.383 e. The van der Waals surface area contributed by atoms with Crippen LogP contribution in [-0.2, 0) is 9.47 Å². The first-order valence-corrected chi connectivity index (χ1v) is 6.46. The Kier molecular flexibility index (Phi) is 7.00. The van der Waals surface area contributed by atoms with Crippen LogP contribution in [0.3, 0.4) is 0 Å². The summed E-state index contributed by atoms with van der Waals surface area (Å²) in [5.41, 5.74) is -0.489. The molecule has 0 aliphatic carbocycles. The van der Waals surface area contributed by atoms with Gasteiger partial charge in [0.05, 0.1) is 18.1 Å². The number of aromatic nitrogens is 1. The first kappa shape index (κ1) is 17.3. The molecule has 0 spiro atoms. The molecule has 1 aromatic rings. The molecule has 0 radical (unpaired) electrons. The van der Waals surface area contributed by atoms with Gasteiger partial charge in [0.1, 0.15) is 16.9 Å². The molecule has 21 heavy (non-hydrogen) atoms. The number of ether oxygens (including phenoxy) is 2. The van der Waals surface area contributed by atoms with Crippen LogP contribution in [0.1, 0.15) is 10.4 Å². The fourth-order valence-corrected chi connectivity index (χ4v) is 1.79. The second-order valence-electron chi connectivity index (χ2n) is 4.06. The molecule has 0 bridgehead atoms. The molecule has 1 rings (SSSR count). The molecule has 0 N–H and O–H groups in total. The number of methoxy groups -OCH3 is 2. The Morgan fingerprint density at radius 2 is 1.95 bits per heavy atom. The van der Waals surface area contributed by atoms with E-state index in [1.54, 1.807) is 0 Å². The van der Waals surface area contributed by atoms with E-state index in [2.05, 4.69) is 4.98 Å². The van der Waals surface area contributed by atoms with Crippen molar-refractivity contribution in [2.75, 3.05) is 40.5 Å². The molecule has 9 heteroatoms. The van der Waals surface area contributed by atoms with Crippen molar-refractivity contribution in [3.63, 3.8) is 0 Å². The lowest BCUT2D eigenvalue weighted by atomic mass is 10.2. The summed E-state index contributed by atoms with van der Waals surface area (Å²) >= 11 is 5.73. The minimum atomic E-state index is -0.665. The fraction of sp³-hybridized carbons (Fsp3) is 0.500. The van der Waals surface area contributed by atoms with Crippen molar-refractivity contribution >= 4 is 23.2 Å². The molecule has 0 fully saturated rings. The summed E-state index contributed by atoms with van der Waals surface area (Å²) in [6.45, 7) is 1.19. The third-order valence-electron chi connectivity index (χ3n) is 2.69. The molecule has 0 atom stereocenters. The summed E-state index contributed by atoms with van der Waals surface area (Å²) in [5, 5.41) is 11.0. The van der Waals surface area contributed by atoms with Gasteiger partial charge in [-0.1, -0.05) is 11.6 Å². The molecular formula is C12H16ClN3O5. The Bertz CT molecular complexity index is 504. The van der Waals surface area contributed by atoms with Gasteiger partial charge in [0.2, 0.25) is 0 Å². The summed E-state index contributed by atoms with van der Waals surface area (Å²) in [5.74, 6) is -0.514. The normalized spacial score (nSPS) is 10.4. The van der Waals surface area contributed by atoms with Gasteiger partial charge in [-0.25, -0.2) is 4.98 Å². The second-order valence-corrected chi connectivity index (χ2v) is 4.45. The number of carbonyl (C=O) groups is 1. The maximum absolute atomic E-state index is 12.5. The van der Waals surface area contributed by atoms with E-state index < -0.39 is 10.8 Å². The molecule has 1 heterocycles. The van der Waals surface area contributed by atoms with Crippen molar-refractivity contribution in [3.8, 4) is 0 Å². The second kappa shape index (κ2) is 8.50. The molecular weight excluding hydrogens is 302 g/mol. The Morgan fingerprint density at radius 3 is 2.43 bits per heavy atom. The van der Waals surface area contributed by atoms with Crippen LogP contribution < -0.4 is 0 Å². The highest BCUT2D eigenvalue weighted by atomic mass is 35.5. The Labute approximate surface area is 126 Å². The van der Waals surface area contributed by atoms with Gasteiger partial charge < -0.3 is 14.4 Å². The van der Waals surface area contributed by atoms with Crippen molar-refractivity contribution in [2.45, 2.75) is 0 Å². The Hall–Kier alpha value is -1.77. The quantitative estimate of drug-likeness (QED) is 0.408. The SMILES string of the molecule is COCCN(CCOC)C(=O)c1cc(Cl)ncc1[N+](=O)[O-]. The maximum Gasteiger partial charge on any atom is 0.300 e. The number of carbonyl (C=O) groups excluding carboxylic acids is 1. The predicted molar refractivity (Wildman–Crippen MR) is 75.6 cm³/mol. The van der Waals surface area contributed by atoms with Gasteiger partial charge >= 0.3 is 0 Å². The van der Waals surface area contributed by atoms with Gasteiger partial charge in [-0.3, -0.25) is 14.9 Å². The zero-order chi connectivity index (χ0) is 15.8. The van der Waals surface area contributed by atoms with E-state index in [-0.39, 0.29) is 29.5 Å². The van der Waals surface area contributed by atoms with Gasteiger partial charge in [-0.15, -0.1) is 0 Å². The zero-order valence-corrected chi connectivity index (χ0v) is 12.5. The van der Waals surface area contributed by atoms with Gasteiger partial charge in [0.15, 0.2) is 0 Å². The molecule has 0 saturated heterocycles. The van der Waals surface area contributed by atoms with Crippen LogP contribution >= 0.6 is 11.6 Å². The van der Waals surface area contributed by atoms with E-state index in [9.17, 15) is 14.9 Å². The van der Waals surface area contributed by atoms with Crippen molar-refractivity contribution in [3.05, 3.63) is 33.1 Å². The molecule has 1 amide bonds. The van der Waals surface area contributed by atoms with E-state index in [1.165, 1.54) is 25.2 Å². The van der Waals surface area contributed by atoms with Crippen molar-refractivity contribution in [1.29, 1.82) is 0 Å². The molecule has 0 saturated carbocycles. The molecule has 0 unspecified atom stereocenters. The lowest BCUT2D eigenvalue weighted by molar-refractivity contribution is -0.385. The summed E-state index contributed by atoms with van der Waals surface area (Å²) in [4.78, 5) is 27.8. The Morgan fingerprint density at radius 1 is 1.38 bits per heavy atom. The number of nitrogens with zero attached hydrogens (tertiary/aromatic N) is 3. The van der Waals surface area contributed by atoms with Crippen LogP contribution in [-0.4, -0.2) is 61.2 Å². The number of hydrogen-bond acceptors (Lipinski definition) is 6. The van der Waals surface area contributed by atoms with Crippen LogP contribution in [0.4, 0.5) is 5.69 Å². The Balaban J connectivity index is 3.06. The van der Waals surface area contributed by atoms with E-state index in [1.807, 2.05) is 0 Å². The lowest BCUT2D eigenvalue weighted by Crippen LogP contribution is -2.36. The number of pyridine rings is 1. The highest BCUT2D eigenvalue weighted by Crippen LogP contribution is 2.22. The number of halogens is 1. The molecule has 116 valence electrons. The largest absolute Gasteiger partial charge is 0.383 e.